The number of nitrogens with one attached hydrogen (secondary N) is 1. The molecule has 2 nitrogen and oxygen atoms in total. The average Bonchev–Trinajstić information content (AvgIpc) is 3.25. The van der Waals surface area contributed by atoms with E-state index in [0.717, 1.165) is 49.1 Å². The van der Waals surface area contributed by atoms with Gasteiger partial charge in [0.25, 0.3) is 0 Å². The Morgan fingerprint density at radius 3 is 2.02 bits per heavy atom. The molecule has 0 amide bonds. The molecule has 2 aliphatic carbocycles. The van der Waals surface area contributed by atoms with E-state index in [9.17, 15) is 0 Å². The molecule has 0 saturated carbocycles. The van der Waals surface area contributed by atoms with Crippen LogP contribution in [0, 0.1) is 0 Å². The molecule has 2 aliphatic rings. The lowest BCUT2D eigenvalue weighted by Crippen LogP contribution is -2.12. The van der Waals surface area contributed by atoms with Crippen LogP contribution in [-0.4, -0.2) is 0 Å². The van der Waals surface area contributed by atoms with Gasteiger partial charge in [-0.3, -0.25) is 0 Å². The number of para-hydroxylation sites is 1. The van der Waals surface area contributed by atoms with Gasteiger partial charge in [0, 0.05) is 11.4 Å². The number of hydrogen-bond acceptors (Lipinski definition) is 2. The number of anilines is 1. The summed E-state index contributed by atoms with van der Waals surface area (Å²) >= 11 is 0. The highest BCUT2D eigenvalue weighted by Gasteiger charge is 2.20. The highest BCUT2D eigenvalue weighted by molar-refractivity contribution is 5.86. The van der Waals surface area contributed by atoms with Crippen LogP contribution in [-0.2, 0) is 12.8 Å². The topological polar surface area (TPSA) is 38.0 Å². The van der Waals surface area contributed by atoms with Crippen molar-refractivity contribution in [3.8, 4) is 11.1 Å². The van der Waals surface area contributed by atoms with Crippen LogP contribution in [0.3, 0.4) is 0 Å². The zero-order chi connectivity index (χ0) is 36.5. The molecule has 54 heavy (non-hydrogen) atoms. The van der Waals surface area contributed by atoms with Crippen molar-refractivity contribution in [1.82, 2.24) is 0 Å². The number of benzene rings is 6. The maximum absolute atomic E-state index is 6.59. The van der Waals surface area contributed by atoms with E-state index in [4.69, 9.17) is 5.73 Å². The second kappa shape index (κ2) is 16.5. The molecule has 1 unspecified atom stereocenters. The molecule has 0 bridgehead atoms. The Hall–Kier alpha value is -6.38. The number of nitrogens with two attached hydrogens (primary N) is 1. The van der Waals surface area contributed by atoms with Crippen LogP contribution in [0.5, 0.6) is 0 Å². The van der Waals surface area contributed by atoms with Gasteiger partial charge in [0.2, 0.25) is 0 Å². The normalized spacial score (nSPS) is 14.8. The minimum Gasteiger partial charge on any atom is -0.398 e. The molecule has 0 aromatic heterocycles. The van der Waals surface area contributed by atoms with E-state index in [1.54, 1.807) is 0 Å². The Bertz CT molecular complexity index is 2340. The van der Waals surface area contributed by atoms with Gasteiger partial charge in [-0.15, -0.1) is 0 Å². The summed E-state index contributed by atoms with van der Waals surface area (Å²) in [6, 6.07) is 56.6. The molecular formula is C52H46N2. The Labute approximate surface area is 320 Å². The van der Waals surface area contributed by atoms with Crippen LogP contribution >= 0.6 is 0 Å². The quantitative estimate of drug-likeness (QED) is 0.132. The first kappa shape index (κ1) is 34.7. The fourth-order valence-electron chi connectivity index (χ4n) is 7.74. The Morgan fingerprint density at radius 1 is 0.630 bits per heavy atom. The van der Waals surface area contributed by atoms with Crippen LogP contribution in [0.4, 0.5) is 5.69 Å². The minimum absolute atomic E-state index is 0.0531. The van der Waals surface area contributed by atoms with E-state index >= 15 is 0 Å². The van der Waals surface area contributed by atoms with Gasteiger partial charge in [-0.25, -0.2) is 0 Å². The van der Waals surface area contributed by atoms with Gasteiger partial charge in [0.05, 0.1) is 6.04 Å². The molecule has 1 atom stereocenters. The van der Waals surface area contributed by atoms with Crippen LogP contribution in [0.25, 0.3) is 22.4 Å². The molecular weight excluding hydrogens is 653 g/mol. The largest absolute Gasteiger partial charge is 0.398 e. The summed E-state index contributed by atoms with van der Waals surface area (Å²) in [4.78, 5) is 0. The summed E-state index contributed by atoms with van der Waals surface area (Å²) in [6.07, 6.45) is 18.5. The zero-order valence-electron chi connectivity index (χ0n) is 30.7. The van der Waals surface area contributed by atoms with Gasteiger partial charge in [0.15, 0.2) is 0 Å². The maximum Gasteiger partial charge on any atom is 0.0767 e. The summed E-state index contributed by atoms with van der Waals surface area (Å²) in [5.41, 5.74) is 23.8. The van der Waals surface area contributed by atoms with Gasteiger partial charge in [0.1, 0.15) is 0 Å². The highest BCUT2D eigenvalue weighted by atomic mass is 14.9. The minimum atomic E-state index is 0.0531. The molecule has 6 aromatic carbocycles. The van der Waals surface area contributed by atoms with Gasteiger partial charge in [-0.2, -0.15) is 0 Å². The van der Waals surface area contributed by atoms with Crippen molar-refractivity contribution in [3.63, 3.8) is 0 Å². The van der Waals surface area contributed by atoms with Crippen molar-refractivity contribution in [2.45, 2.75) is 38.1 Å². The lowest BCUT2D eigenvalue weighted by Gasteiger charge is -2.23. The second-order valence-corrected chi connectivity index (χ2v) is 14.1. The van der Waals surface area contributed by atoms with Crippen molar-refractivity contribution < 1.29 is 0 Å². The first-order valence-corrected chi connectivity index (χ1v) is 19.2. The lowest BCUT2D eigenvalue weighted by molar-refractivity contribution is 0.938. The standard InChI is InChI=1S/C52H46N2/c53-51(42-17-7-2-8-18-42)37-45(39-15-5-1-6-16-39)32-29-38-27-30-40(31-28-38)47-23-13-26-50-48(24-14-25-49(47)50)41-33-35-44(36-34-41)52(43-19-9-3-10-20-43)54-46-21-11-4-12-22-46/h1-5,7-13,15,17-24,26-28,30-37,52,54H,6,14,16,25,29,53H2/b45-32+,51-37-. The smallest absolute Gasteiger partial charge is 0.0767 e. The predicted octanol–water partition coefficient (Wildman–Crippen LogP) is 12.7. The highest BCUT2D eigenvalue weighted by Crippen LogP contribution is 2.38. The predicted molar refractivity (Wildman–Crippen MR) is 229 cm³/mol. The summed E-state index contributed by atoms with van der Waals surface area (Å²) < 4.78 is 0. The summed E-state index contributed by atoms with van der Waals surface area (Å²) in [6.45, 7) is 0. The first-order valence-electron chi connectivity index (χ1n) is 19.2. The number of rotatable bonds is 11. The van der Waals surface area contributed by atoms with Crippen molar-refractivity contribution >= 4 is 17.0 Å². The third-order valence-corrected chi connectivity index (χ3v) is 10.6. The van der Waals surface area contributed by atoms with Crippen LogP contribution < -0.4 is 11.1 Å². The van der Waals surface area contributed by atoms with E-state index in [0.29, 0.717) is 0 Å². The maximum atomic E-state index is 6.59. The van der Waals surface area contributed by atoms with E-state index in [-0.39, 0.29) is 6.04 Å². The molecule has 8 rings (SSSR count). The van der Waals surface area contributed by atoms with Crippen molar-refractivity contribution in [2.24, 2.45) is 5.73 Å². The van der Waals surface area contributed by atoms with Gasteiger partial charge in [-0.05, 0) is 117 Å². The van der Waals surface area contributed by atoms with Gasteiger partial charge < -0.3 is 11.1 Å². The molecule has 0 radical (unpaired) electrons. The second-order valence-electron chi connectivity index (χ2n) is 14.1. The third-order valence-electron chi connectivity index (χ3n) is 10.6. The van der Waals surface area contributed by atoms with E-state index in [2.05, 4.69) is 181 Å². The monoisotopic (exact) mass is 698 g/mol. The Kier molecular flexibility index (Phi) is 10.6. The first-order chi connectivity index (χ1) is 26.7. The summed E-state index contributed by atoms with van der Waals surface area (Å²) in [7, 11) is 0. The van der Waals surface area contributed by atoms with E-state index < -0.39 is 0 Å². The Morgan fingerprint density at radius 2 is 1.30 bits per heavy atom. The van der Waals surface area contributed by atoms with E-state index in [1.165, 1.54) is 61.2 Å². The van der Waals surface area contributed by atoms with Crippen LogP contribution in [0.15, 0.2) is 205 Å². The van der Waals surface area contributed by atoms with Crippen LogP contribution in [0.1, 0.15) is 64.2 Å². The Balaban J connectivity index is 1.03. The SMILES string of the molecule is N/C(=C\C(=C/Cc1ccc(-c2cccc3c2CCC=C3c2ccc(C(Nc3ccccc3)c3ccccc3)cc2)cc1)C1=CC=CCC1)c1ccccc1. The molecule has 0 aliphatic heterocycles. The zero-order valence-corrected chi connectivity index (χ0v) is 30.7. The molecule has 0 spiro atoms. The molecule has 264 valence electrons. The number of allylic oxidation sites excluding steroid dienone is 8. The van der Waals surface area contributed by atoms with Crippen molar-refractivity contribution in [2.75, 3.05) is 5.32 Å². The fourth-order valence-corrected chi connectivity index (χ4v) is 7.74. The third kappa shape index (κ3) is 7.99. The summed E-state index contributed by atoms with van der Waals surface area (Å²) in [5.74, 6) is 0. The van der Waals surface area contributed by atoms with Gasteiger partial charge in [-0.1, -0.05) is 176 Å². The molecule has 0 heterocycles. The molecule has 0 saturated heterocycles. The molecule has 6 aromatic rings. The van der Waals surface area contributed by atoms with Crippen LogP contribution in [0.2, 0.25) is 0 Å². The number of fused-ring (bicyclic) bond motifs is 1. The van der Waals surface area contributed by atoms with E-state index in [1.807, 2.05) is 18.2 Å². The van der Waals surface area contributed by atoms with Gasteiger partial charge >= 0.3 is 0 Å². The molecule has 0 fully saturated rings. The number of hydrogen-bond donors (Lipinski definition) is 2. The van der Waals surface area contributed by atoms with Crippen molar-refractivity contribution in [1.29, 1.82) is 0 Å². The lowest BCUT2D eigenvalue weighted by atomic mass is 9.82. The molecule has 2 heteroatoms. The average molecular weight is 699 g/mol. The molecule has 3 N–H and O–H groups in total. The fraction of sp³-hybridized carbons (Fsp3) is 0.115. The van der Waals surface area contributed by atoms with Crippen molar-refractivity contribution in [3.05, 3.63) is 244 Å². The summed E-state index contributed by atoms with van der Waals surface area (Å²) in [5, 5.41) is 3.77.